The number of rotatable bonds is 5. The van der Waals surface area contributed by atoms with Crippen LogP contribution in [0.4, 0.5) is 0 Å². The Bertz CT molecular complexity index is 5360. The molecule has 18 aromatic rings. The van der Waals surface area contributed by atoms with Crippen LogP contribution in [0, 0.1) is 0 Å². The fourth-order valence-corrected chi connectivity index (χ4v) is 17.4. The fraction of sp³-hybridized carbons (Fsp3) is 0.0137. The normalized spacial score (nSPS) is 11.7. The van der Waals surface area contributed by atoms with E-state index in [9.17, 15) is 0 Å². The summed E-state index contributed by atoms with van der Waals surface area (Å²) >= 11 is 15.3. The van der Waals surface area contributed by atoms with E-state index in [1.54, 1.807) is 54.6 Å². The molecule has 1 radical (unpaired) electrons. The molecule has 0 aliphatic rings. The van der Waals surface area contributed by atoms with Gasteiger partial charge in [0.15, 0.2) is 0 Å². The summed E-state index contributed by atoms with van der Waals surface area (Å²) in [4.78, 5) is 26.8. The van der Waals surface area contributed by atoms with Crippen LogP contribution in [-0.2, 0) is 9.60 Å². The Kier molecular flexibility index (Phi) is 22.2. The average Bonchev–Trinajstić information content (AvgIpc) is 1.57. The number of hydrogen-bond acceptors (Lipinski definition) is 13. The Balaban J connectivity index is 0.000000129. The van der Waals surface area contributed by atoms with Gasteiger partial charge in [0, 0.05) is 160 Å². The molecule has 2 N–H and O–H groups in total. The molecule has 0 fully saturated rings. The van der Waals surface area contributed by atoms with Crippen LogP contribution >= 0.6 is 145 Å². The predicted octanol–water partition coefficient (Wildman–Crippen LogP) is 24.9. The van der Waals surface area contributed by atoms with Crippen molar-refractivity contribution < 1.29 is 19.7 Å². The van der Waals surface area contributed by atoms with Gasteiger partial charge in [0.05, 0.1) is 22.8 Å². The number of hydrogen-bond donors (Lipinski definition) is 2. The molecule has 480 valence electrons. The minimum atomic E-state index is -4.26. The molecule has 0 unspecified atom stereocenters. The summed E-state index contributed by atoms with van der Waals surface area (Å²) in [5.74, 6) is 0. The molecule has 24 heteroatoms. The number of nitrogens with zero attached hydrogens (tertiary/aromatic N) is 6. The first kappa shape index (κ1) is 69.6. The van der Waals surface area contributed by atoms with E-state index in [1.165, 1.54) is 96.2 Å². The molecule has 8 nitrogen and oxygen atoms in total. The molecular weight excluding hydrogens is 1640 g/mol. The number of fused-ring (bicyclic) bond motifs is 15. The summed E-state index contributed by atoms with van der Waals surface area (Å²) in [5.41, 5.74) is 8.64. The molecule has 0 atom stereocenters. The molecular formula is C73H49B2Br2Cl5MoN6O2PS5-. The van der Waals surface area contributed by atoms with E-state index >= 15 is 0 Å². The maximum absolute atomic E-state index is 9.12. The zero-order valence-corrected chi connectivity index (χ0v) is 63.5. The largest absolute Gasteiger partial charge is 0.252 e. The Morgan fingerprint density at radius 2 is 0.546 bits per heavy atom. The van der Waals surface area contributed by atoms with E-state index in [2.05, 4.69) is 233 Å². The SMILES string of the molecule is Brc1nccnc1Br.C.OB(O)c1ccc2c(c1)sc1ccccc12.[3H][B][PH-].[Cl][Mo]([Cl])([Cl])([Cl])[Cl].c1ccc2c(c1)sc1cc(-c3nccnc3-c3ccc4c(c3)sc3ccccc34)ccc12.c1ccc2c(c1)sc1cc(-c3nccnc3-c3ccc4c(c3)sc3ccccc34)ccc12. The van der Waals surface area contributed by atoms with E-state index in [0.29, 0.717) is 5.46 Å². The Hall–Kier alpha value is -5.88. The first-order valence-electron chi connectivity index (χ1n) is 29.6. The monoisotopic (exact) mass is 1690 g/mol. The molecule has 97 heavy (non-hydrogen) atoms. The zero-order valence-electron chi connectivity index (χ0n) is 50.5. The molecule has 0 bridgehead atoms. The third-order valence-electron chi connectivity index (χ3n) is 15.3. The van der Waals surface area contributed by atoms with E-state index in [4.69, 9.17) is 78.4 Å². The third kappa shape index (κ3) is 16.3. The van der Waals surface area contributed by atoms with Crippen molar-refractivity contribution in [1.29, 1.82) is 1.34 Å². The third-order valence-corrected chi connectivity index (χ3v) is 22.7. The van der Waals surface area contributed by atoms with Crippen LogP contribution in [0.3, 0.4) is 0 Å². The second-order valence-corrected chi connectivity index (χ2v) is 58.6. The van der Waals surface area contributed by atoms with Gasteiger partial charge in [0.25, 0.3) is 0 Å². The summed E-state index contributed by atoms with van der Waals surface area (Å²) < 4.78 is 20.2. The minimum Gasteiger partial charge on any atom is -0.252 e. The van der Waals surface area contributed by atoms with E-state index in [1.807, 2.05) is 69.6 Å². The van der Waals surface area contributed by atoms with Gasteiger partial charge in [-0.15, -0.1) is 64.2 Å². The van der Waals surface area contributed by atoms with Crippen LogP contribution in [0.1, 0.15) is 7.43 Å². The van der Waals surface area contributed by atoms with Crippen molar-refractivity contribution in [1.82, 2.24) is 29.9 Å². The van der Waals surface area contributed by atoms with Crippen molar-refractivity contribution in [2.45, 2.75) is 7.43 Å². The maximum atomic E-state index is 9.12. The van der Waals surface area contributed by atoms with Gasteiger partial charge in [0.1, 0.15) is 9.21 Å². The van der Waals surface area contributed by atoms with Crippen LogP contribution in [0.15, 0.2) is 259 Å². The first-order valence-corrected chi connectivity index (χ1v) is 48.2. The van der Waals surface area contributed by atoms with Gasteiger partial charge >= 0.3 is 63.8 Å². The van der Waals surface area contributed by atoms with Gasteiger partial charge in [0.2, 0.25) is 0 Å². The minimum absolute atomic E-state index is 0. The number of benzene rings is 10. The van der Waals surface area contributed by atoms with Gasteiger partial charge < -0.3 is 19.2 Å². The summed E-state index contributed by atoms with van der Waals surface area (Å²) in [5, 5.41) is 31.1. The predicted molar refractivity (Wildman–Crippen MR) is 435 cm³/mol. The van der Waals surface area contributed by atoms with Crippen LogP contribution in [0.5, 0.6) is 0 Å². The molecule has 18 rings (SSSR count). The molecule has 10 aromatic carbocycles. The Labute approximate surface area is 620 Å². The quantitative estimate of drug-likeness (QED) is 0.129. The van der Waals surface area contributed by atoms with E-state index < -0.39 is 16.7 Å². The topological polar surface area (TPSA) is 118 Å². The summed E-state index contributed by atoms with van der Waals surface area (Å²) in [7, 11) is 23.3. The molecule has 8 heterocycles. The number of aromatic nitrogens is 6. The molecule has 0 saturated carbocycles. The molecule has 8 aromatic heterocycles. The van der Waals surface area contributed by atoms with Crippen LogP contribution in [0.25, 0.3) is 146 Å². The summed E-state index contributed by atoms with van der Waals surface area (Å²) in [6, 6.07) is 74.7. The van der Waals surface area contributed by atoms with Crippen LogP contribution in [0.2, 0.25) is 0 Å². The van der Waals surface area contributed by atoms with Gasteiger partial charge in [-0.3, -0.25) is 19.9 Å². The van der Waals surface area contributed by atoms with Crippen LogP contribution in [-0.4, -0.2) is 55.9 Å². The zero-order chi connectivity index (χ0) is 67.4. The van der Waals surface area contributed by atoms with Crippen molar-refractivity contribution in [3.63, 3.8) is 0 Å². The standard InChI is InChI=1S/2C28H16N2S2.C12H9BO2S.C4H2Br2N2.CH4.BH2P.5ClH.Mo/c2*1-3-7-23-19(5-1)21-11-9-17(15-25(21)31-23)27-28(30-14-13-29-27)18-10-12-22-20-6-2-4-8-24(20)32-26(22)16-18;14-13(15)8-5-6-10-9-3-1-2-4-11(9)16-12(10)7-8;5-3-4(6)8-2-1-7-3;;1-2;;;;;;/h2*1-16H;1-7,14-15H;1-2H;1H4;1-2H;5*1H;/q;;;;;-1;;;;;;+5/p-5/i;;;;;1T;;;;;;. The molecule has 0 aliphatic heterocycles. The van der Waals surface area contributed by atoms with Crippen molar-refractivity contribution in [3.05, 3.63) is 259 Å². The summed E-state index contributed by atoms with van der Waals surface area (Å²) in [6.45, 7) is 0. The average molecular weight is 1690 g/mol. The fourth-order valence-electron chi connectivity index (χ4n) is 11.2. The first-order chi connectivity index (χ1) is 46.9. The van der Waals surface area contributed by atoms with Crippen molar-refractivity contribution in [3.8, 4) is 45.0 Å². The number of thiophene rings is 5. The maximum Gasteiger partial charge on any atom is 0.0965 e. The molecule has 0 saturated heterocycles. The van der Waals surface area contributed by atoms with Gasteiger partial charge in [-0.2, -0.15) is 0 Å². The van der Waals surface area contributed by atoms with Gasteiger partial charge in [-0.05, 0) is 98.0 Å². The van der Waals surface area contributed by atoms with Crippen molar-refractivity contribution in [2.75, 3.05) is 0 Å². The second-order valence-electron chi connectivity index (χ2n) is 21.2. The van der Waals surface area contributed by atoms with Crippen LogP contribution < -0.4 is 5.46 Å². The van der Waals surface area contributed by atoms with Gasteiger partial charge in [-0.1, -0.05) is 160 Å². The Morgan fingerprint density at radius 1 is 0.340 bits per heavy atom. The smallest absolute Gasteiger partial charge is 0.0965 e. The Morgan fingerprint density at radius 3 is 0.784 bits per heavy atom. The molecule has 0 amide bonds. The summed E-state index contributed by atoms with van der Waals surface area (Å²) in [6.07, 6.45) is 10.4. The number of halogens is 7. The molecule has 0 spiro atoms. The van der Waals surface area contributed by atoms with Crippen molar-refractivity contribution >= 4 is 266 Å². The van der Waals surface area contributed by atoms with E-state index in [0.717, 1.165) is 66.5 Å². The molecule has 0 aliphatic carbocycles. The van der Waals surface area contributed by atoms with Crippen molar-refractivity contribution in [2.24, 2.45) is 0 Å². The van der Waals surface area contributed by atoms with Gasteiger partial charge in [-0.25, -0.2) is 9.97 Å². The van der Waals surface area contributed by atoms with E-state index in [-0.39, 0.29) is 7.43 Å². The second kappa shape index (κ2) is 30.9.